The van der Waals surface area contributed by atoms with E-state index in [1.54, 1.807) is 20.8 Å². The summed E-state index contributed by atoms with van der Waals surface area (Å²) < 4.78 is 0. The fourth-order valence-corrected chi connectivity index (χ4v) is 1.73. The number of benzene rings is 1. The predicted molar refractivity (Wildman–Crippen MR) is 85.8 cm³/mol. The summed E-state index contributed by atoms with van der Waals surface area (Å²) >= 11 is 0. The van der Waals surface area contributed by atoms with E-state index in [0.29, 0.717) is 12.1 Å². The third-order valence-corrected chi connectivity index (χ3v) is 3.06. The van der Waals surface area contributed by atoms with Gasteiger partial charge in [0.25, 0.3) is 0 Å². The highest BCUT2D eigenvalue weighted by atomic mass is 16.7. The molecule has 21 heavy (non-hydrogen) atoms. The first-order chi connectivity index (χ1) is 9.68. The van der Waals surface area contributed by atoms with Crippen LogP contribution in [-0.2, 0) is 9.63 Å². The van der Waals surface area contributed by atoms with Gasteiger partial charge in [-0.15, -0.1) is 12.3 Å². The van der Waals surface area contributed by atoms with Crippen LogP contribution < -0.4 is 0 Å². The molecule has 0 aliphatic carbocycles. The van der Waals surface area contributed by atoms with Gasteiger partial charge in [0.05, 0.1) is 11.1 Å². The average Bonchev–Trinajstić information content (AvgIpc) is 2.38. The minimum absolute atomic E-state index is 0.368. The van der Waals surface area contributed by atoms with Gasteiger partial charge in [0, 0.05) is 11.8 Å². The van der Waals surface area contributed by atoms with Crippen molar-refractivity contribution in [3.05, 3.63) is 35.9 Å². The first kappa shape index (κ1) is 17.0. The van der Waals surface area contributed by atoms with Gasteiger partial charge >= 0.3 is 5.97 Å². The molecular weight excluding hydrogens is 262 g/mol. The number of hydrogen-bond acceptors (Lipinski definition) is 3. The normalized spacial score (nSPS) is 12.7. The number of oxime groups is 1. The second kappa shape index (κ2) is 6.58. The van der Waals surface area contributed by atoms with Crippen molar-refractivity contribution in [2.45, 2.75) is 41.0 Å². The maximum absolute atomic E-state index is 11.9. The summed E-state index contributed by atoms with van der Waals surface area (Å²) in [7, 11) is 0. The summed E-state index contributed by atoms with van der Waals surface area (Å²) in [6, 6.07) is 9.63. The minimum Gasteiger partial charge on any atom is -0.317 e. The maximum atomic E-state index is 11.9. The van der Waals surface area contributed by atoms with Crippen molar-refractivity contribution < 1.29 is 9.63 Å². The van der Waals surface area contributed by atoms with Gasteiger partial charge in [0.2, 0.25) is 0 Å². The summed E-state index contributed by atoms with van der Waals surface area (Å²) in [6.07, 6.45) is 5.95. The fourth-order valence-electron chi connectivity index (χ4n) is 1.73. The number of hydrogen-bond donors (Lipinski definition) is 0. The molecule has 0 radical (unpaired) electrons. The van der Waals surface area contributed by atoms with Crippen LogP contribution in [0.25, 0.3) is 0 Å². The summed E-state index contributed by atoms with van der Waals surface area (Å²) in [5, 5.41) is 4.12. The molecule has 0 bridgehead atoms. The lowest BCUT2D eigenvalue weighted by atomic mass is 9.81. The zero-order valence-electron chi connectivity index (χ0n) is 13.4. The molecule has 3 nitrogen and oxygen atoms in total. The molecule has 0 saturated heterocycles. The van der Waals surface area contributed by atoms with Crippen LogP contribution >= 0.6 is 0 Å². The topological polar surface area (TPSA) is 38.7 Å². The van der Waals surface area contributed by atoms with E-state index in [4.69, 9.17) is 11.3 Å². The van der Waals surface area contributed by atoms with E-state index in [-0.39, 0.29) is 11.4 Å². The standard InChI is InChI=1S/C18H23NO2/c1-7-13-18(5,6)15(14-11-9-8-10-12-14)19-21-16(20)17(2,3)4/h1,8-12H,13H2,2-6H3/b19-15-. The summed E-state index contributed by atoms with van der Waals surface area (Å²) in [5.74, 6) is 2.29. The average molecular weight is 285 g/mol. The van der Waals surface area contributed by atoms with Crippen molar-refractivity contribution in [2.75, 3.05) is 0 Å². The van der Waals surface area contributed by atoms with Crippen LogP contribution in [0.3, 0.4) is 0 Å². The summed E-state index contributed by atoms with van der Waals surface area (Å²) in [5.41, 5.74) is 0.605. The Bertz CT molecular complexity index is 557. The Morgan fingerprint density at radius 3 is 2.24 bits per heavy atom. The van der Waals surface area contributed by atoms with Crippen molar-refractivity contribution in [3.8, 4) is 12.3 Å². The van der Waals surface area contributed by atoms with Gasteiger partial charge in [0.15, 0.2) is 0 Å². The zero-order chi connectivity index (χ0) is 16.1. The van der Waals surface area contributed by atoms with Gasteiger partial charge in [-0.1, -0.05) is 49.3 Å². The maximum Gasteiger partial charge on any atom is 0.340 e. The van der Waals surface area contributed by atoms with E-state index in [9.17, 15) is 4.79 Å². The van der Waals surface area contributed by atoms with Gasteiger partial charge in [-0.05, 0) is 26.3 Å². The molecule has 112 valence electrons. The van der Waals surface area contributed by atoms with E-state index in [2.05, 4.69) is 11.1 Å². The zero-order valence-corrected chi connectivity index (χ0v) is 13.4. The van der Waals surface area contributed by atoms with E-state index >= 15 is 0 Å². The molecule has 0 unspecified atom stereocenters. The Balaban J connectivity index is 3.16. The Morgan fingerprint density at radius 2 is 1.76 bits per heavy atom. The van der Waals surface area contributed by atoms with Crippen LogP contribution in [0.5, 0.6) is 0 Å². The van der Waals surface area contributed by atoms with Crippen LogP contribution in [0.1, 0.15) is 46.6 Å². The molecule has 1 aromatic rings. The summed E-state index contributed by atoms with van der Waals surface area (Å²) in [6.45, 7) is 9.35. The number of carbonyl (C=O) groups is 1. The largest absolute Gasteiger partial charge is 0.340 e. The third kappa shape index (κ3) is 4.75. The molecule has 0 atom stereocenters. The molecule has 0 N–H and O–H groups in total. The molecule has 1 aromatic carbocycles. The lowest BCUT2D eigenvalue weighted by molar-refractivity contribution is -0.153. The van der Waals surface area contributed by atoms with Crippen LogP contribution in [-0.4, -0.2) is 11.7 Å². The van der Waals surface area contributed by atoms with Gasteiger partial charge in [-0.3, -0.25) is 0 Å². The van der Waals surface area contributed by atoms with Gasteiger partial charge in [-0.25, -0.2) is 4.79 Å². The van der Waals surface area contributed by atoms with Gasteiger partial charge in [-0.2, -0.15) is 0 Å². The van der Waals surface area contributed by atoms with Crippen LogP contribution in [0.4, 0.5) is 0 Å². The number of nitrogens with zero attached hydrogens (tertiary/aromatic N) is 1. The molecule has 0 aliphatic heterocycles. The van der Waals surface area contributed by atoms with E-state index in [1.165, 1.54) is 0 Å². The second-order valence-electron chi connectivity index (χ2n) is 6.70. The lowest BCUT2D eigenvalue weighted by Gasteiger charge is -2.24. The molecule has 0 aromatic heterocycles. The lowest BCUT2D eigenvalue weighted by Crippen LogP contribution is -2.27. The van der Waals surface area contributed by atoms with Gasteiger partial charge < -0.3 is 4.84 Å². The number of rotatable bonds is 4. The Kier molecular flexibility index (Phi) is 5.32. The number of carbonyl (C=O) groups excluding carboxylic acids is 1. The van der Waals surface area contributed by atoms with Crippen molar-refractivity contribution >= 4 is 11.7 Å². The second-order valence-corrected chi connectivity index (χ2v) is 6.70. The van der Waals surface area contributed by atoms with Crippen molar-refractivity contribution in [2.24, 2.45) is 16.0 Å². The smallest absolute Gasteiger partial charge is 0.317 e. The summed E-state index contributed by atoms with van der Waals surface area (Å²) in [4.78, 5) is 17.1. The SMILES string of the molecule is C#CCC(C)(C)/C(=N\OC(=O)C(C)(C)C)c1ccccc1. The van der Waals surface area contributed by atoms with Crippen molar-refractivity contribution in [1.29, 1.82) is 0 Å². The van der Waals surface area contributed by atoms with Crippen LogP contribution in [0.15, 0.2) is 35.5 Å². The highest BCUT2D eigenvalue weighted by molar-refractivity contribution is 6.04. The Labute approximate surface area is 127 Å². The fraction of sp³-hybridized carbons (Fsp3) is 0.444. The molecule has 0 heterocycles. The molecular formula is C18H23NO2. The van der Waals surface area contributed by atoms with Crippen molar-refractivity contribution in [1.82, 2.24) is 0 Å². The van der Waals surface area contributed by atoms with E-state index < -0.39 is 5.41 Å². The minimum atomic E-state index is -0.596. The first-order valence-corrected chi connectivity index (χ1v) is 6.97. The molecule has 0 aliphatic rings. The molecule has 3 heteroatoms. The monoisotopic (exact) mass is 285 g/mol. The molecule has 0 fully saturated rings. The van der Waals surface area contributed by atoms with Crippen LogP contribution in [0.2, 0.25) is 0 Å². The quantitative estimate of drug-likeness (QED) is 0.362. The number of terminal acetylenes is 1. The first-order valence-electron chi connectivity index (χ1n) is 6.97. The molecule has 1 rings (SSSR count). The highest BCUT2D eigenvalue weighted by Gasteiger charge is 2.28. The van der Waals surface area contributed by atoms with E-state index in [0.717, 1.165) is 5.56 Å². The van der Waals surface area contributed by atoms with Crippen LogP contribution in [0, 0.1) is 23.2 Å². The molecule has 0 saturated carbocycles. The Hall–Kier alpha value is -2.08. The van der Waals surface area contributed by atoms with E-state index in [1.807, 2.05) is 44.2 Å². The van der Waals surface area contributed by atoms with Gasteiger partial charge in [0.1, 0.15) is 0 Å². The predicted octanol–water partition coefficient (Wildman–Crippen LogP) is 4.03. The Morgan fingerprint density at radius 1 is 1.19 bits per heavy atom. The van der Waals surface area contributed by atoms with Crippen molar-refractivity contribution in [3.63, 3.8) is 0 Å². The molecule has 0 amide bonds. The third-order valence-electron chi connectivity index (χ3n) is 3.06. The highest BCUT2D eigenvalue weighted by Crippen LogP contribution is 2.27. The molecule has 0 spiro atoms.